The first kappa shape index (κ1) is 15.3. The Kier molecular flexibility index (Phi) is 4.66. The summed E-state index contributed by atoms with van der Waals surface area (Å²) in [7, 11) is -1.53. The summed E-state index contributed by atoms with van der Waals surface area (Å²) in [4.78, 5) is 2.27. The van der Waals surface area contributed by atoms with Crippen molar-refractivity contribution in [3.8, 4) is 0 Å². The molecule has 0 unspecified atom stereocenters. The fourth-order valence-electron chi connectivity index (χ4n) is 2.36. The van der Waals surface area contributed by atoms with Gasteiger partial charge in [0.05, 0.1) is 0 Å². The maximum atomic E-state index is 12.7. The predicted molar refractivity (Wildman–Crippen MR) is 77.8 cm³/mol. The average molecular weight is 301 g/mol. The standard InChI is InChI=1S/C12H23N5O2S/c1-3-5-16-10-11(12(13)14-16)20(18,19)17-7-4-6-15(2)8-9-17/h10H,3-9H2,1-2H3,(H2,13,14). The van der Waals surface area contributed by atoms with E-state index in [9.17, 15) is 8.42 Å². The summed E-state index contributed by atoms with van der Waals surface area (Å²) < 4.78 is 28.4. The molecule has 2 heterocycles. The van der Waals surface area contributed by atoms with Crippen LogP contribution < -0.4 is 5.73 Å². The van der Waals surface area contributed by atoms with Gasteiger partial charge >= 0.3 is 0 Å². The lowest BCUT2D eigenvalue weighted by molar-refractivity contribution is 0.347. The van der Waals surface area contributed by atoms with Crippen LogP contribution in [0.4, 0.5) is 5.82 Å². The molecule has 0 amide bonds. The lowest BCUT2D eigenvalue weighted by Gasteiger charge is -2.19. The van der Waals surface area contributed by atoms with E-state index in [1.54, 1.807) is 10.9 Å². The van der Waals surface area contributed by atoms with Crippen LogP contribution in [-0.2, 0) is 16.6 Å². The lowest BCUT2D eigenvalue weighted by atomic mass is 10.4. The maximum absolute atomic E-state index is 12.7. The molecule has 0 atom stereocenters. The van der Waals surface area contributed by atoms with Gasteiger partial charge in [0, 0.05) is 32.4 Å². The summed E-state index contributed by atoms with van der Waals surface area (Å²) in [6.07, 6.45) is 3.26. The SMILES string of the molecule is CCCn1cc(S(=O)(=O)N2CCCN(C)CC2)c(N)n1. The van der Waals surface area contributed by atoms with Gasteiger partial charge in [0.25, 0.3) is 0 Å². The summed E-state index contributed by atoms with van der Waals surface area (Å²) in [6, 6.07) is 0. The first-order chi connectivity index (χ1) is 9.45. The van der Waals surface area contributed by atoms with E-state index < -0.39 is 10.0 Å². The molecule has 0 radical (unpaired) electrons. The third kappa shape index (κ3) is 3.13. The quantitative estimate of drug-likeness (QED) is 0.859. The largest absolute Gasteiger partial charge is 0.381 e. The molecule has 2 rings (SSSR count). The summed E-state index contributed by atoms with van der Waals surface area (Å²) in [5.41, 5.74) is 5.78. The van der Waals surface area contributed by atoms with Gasteiger partial charge in [-0.2, -0.15) is 9.40 Å². The summed E-state index contributed by atoms with van der Waals surface area (Å²) in [5, 5.41) is 4.08. The van der Waals surface area contributed by atoms with E-state index in [1.165, 1.54) is 4.31 Å². The van der Waals surface area contributed by atoms with Gasteiger partial charge in [-0.25, -0.2) is 8.42 Å². The molecule has 114 valence electrons. The van der Waals surface area contributed by atoms with Gasteiger partial charge in [0.2, 0.25) is 10.0 Å². The number of anilines is 1. The monoisotopic (exact) mass is 301 g/mol. The van der Waals surface area contributed by atoms with Crippen LogP contribution in [0.3, 0.4) is 0 Å². The average Bonchev–Trinajstić information content (AvgIpc) is 2.61. The number of hydrogen-bond acceptors (Lipinski definition) is 5. The van der Waals surface area contributed by atoms with Crippen molar-refractivity contribution in [2.75, 3.05) is 39.0 Å². The number of rotatable bonds is 4. The minimum absolute atomic E-state index is 0.0936. The molecule has 0 bridgehead atoms. The lowest BCUT2D eigenvalue weighted by Crippen LogP contribution is -2.34. The van der Waals surface area contributed by atoms with Crippen molar-refractivity contribution in [1.82, 2.24) is 19.0 Å². The molecular weight excluding hydrogens is 278 g/mol. The van der Waals surface area contributed by atoms with Crippen LogP contribution in [0.15, 0.2) is 11.1 Å². The Morgan fingerprint density at radius 1 is 1.30 bits per heavy atom. The first-order valence-corrected chi connectivity index (χ1v) is 8.40. The Labute approximate surface area is 120 Å². The van der Waals surface area contributed by atoms with Crippen molar-refractivity contribution in [1.29, 1.82) is 0 Å². The highest BCUT2D eigenvalue weighted by molar-refractivity contribution is 7.89. The Morgan fingerprint density at radius 3 is 2.75 bits per heavy atom. The number of nitrogen functional groups attached to an aromatic ring is 1. The van der Waals surface area contributed by atoms with Gasteiger partial charge in [-0.05, 0) is 26.4 Å². The van der Waals surface area contributed by atoms with E-state index in [2.05, 4.69) is 10.00 Å². The molecule has 1 saturated heterocycles. The van der Waals surface area contributed by atoms with E-state index in [0.717, 1.165) is 25.9 Å². The van der Waals surface area contributed by atoms with Crippen molar-refractivity contribution in [3.63, 3.8) is 0 Å². The number of aromatic nitrogens is 2. The Bertz CT molecular complexity index is 554. The predicted octanol–water partition coefficient (Wildman–Crippen LogP) is 0.202. The fourth-order valence-corrected chi connectivity index (χ4v) is 3.89. The molecule has 0 aromatic carbocycles. The van der Waals surface area contributed by atoms with Gasteiger partial charge in [0.15, 0.2) is 5.82 Å². The van der Waals surface area contributed by atoms with Crippen LogP contribution in [0.5, 0.6) is 0 Å². The topological polar surface area (TPSA) is 84.5 Å². The number of aryl methyl sites for hydroxylation is 1. The van der Waals surface area contributed by atoms with Gasteiger partial charge in [-0.1, -0.05) is 6.92 Å². The molecule has 0 saturated carbocycles. The van der Waals surface area contributed by atoms with Crippen LogP contribution in [0.25, 0.3) is 0 Å². The van der Waals surface area contributed by atoms with Gasteiger partial charge in [0.1, 0.15) is 4.90 Å². The van der Waals surface area contributed by atoms with Crippen molar-refractivity contribution in [2.24, 2.45) is 0 Å². The van der Waals surface area contributed by atoms with E-state index in [4.69, 9.17) is 5.73 Å². The zero-order valence-corrected chi connectivity index (χ0v) is 12.9. The third-order valence-electron chi connectivity index (χ3n) is 3.50. The van der Waals surface area contributed by atoms with Gasteiger partial charge in [-0.3, -0.25) is 4.68 Å². The highest BCUT2D eigenvalue weighted by Crippen LogP contribution is 2.22. The van der Waals surface area contributed by atoms with E-state index in [1.807, 2.05) is 14.0 Å². The zero-order valence-electron chi connectivity index (χ0n) is 12.1. The Hall–Kier alpha value is -1.12. The molecule has 7 nitrogen and oxygen atoms in total. The zero-order chi connectivity index (χ0) is 14.8. The molecule has 0 spiro atoms. The smallest absolute Gasteiger partial charge is 0.248 e. The molecule has 0 aliphatic carbocycles. The minimum atomic E-state index is -3.54. The molecule has 1 aromatic rings. The van der Waals surface area contributed by atoms with Gasteiger partial charge < -0.3 is 10.6 Å². The summed E-state index contributed by atoms with van der Waals surface area (Å²) in [6.45, 7) is 5.36. The minimum Gasteiger partial charge on any atom is -0.381 e. The molecule has 8 heteroatoms. The van der Waals surface area contributed by atoms with Crippen LogP contribution in [0, 0.1) is 0 Å². The molecule has 20 heavy (non-hydrogen) atoms. The normalized spacial score (nSPS) is 19.1. The van der Waals surface area contributed by atoms with Crippen LogP contribution >= 0.6 is 0 Å². The fraction of sp³-hybridized carbons (Fsp3) is 0.750. The second-order valence-electron chi connectivity index (χ2n) is 5.20. The number of sulfonamides is 1. The number of likely N-dealkylation sites (N-methyl/N-ethyl adjacent to an activating group) is 1. The van der Waals surface area contributed by atoms with Crippen molar-refractivity contribution >= 4 is 15.8 Å². The number of nitrogens with two attached hydrogens (primary N) is 1. The number of hydrogen-bond donors (Lipinski definition) is 1. The van der Waals surface area contributed by atoms with E-state index >= 15 is 0 Å². The molecule has 1 aromatic heterocycles. The van der Waals surface area contributed by atoms with Crippen LogP contribution in [0.2, 0.25) is 0 Å². The van der Waals surface area contributed by atoms with Gasteiger partial charge in [-0.15, -0.1) is 0 Å². The number of nitrogens with zero attached hydrogens (tertiary/aromatic N) is 4. The first-order valence-electron chi connectivity index (χ1n) is 6.96. The van der Waals surface area contributed by atoms with E-state index in [-0.39, 0.29) is 10.7 Å². The van der Waals surface area contributed by atoms with Crippen molar-refractivity contribution < 1.29 is 8.42 Å². The van der Waals surface area contributed by atoms with Crippen molar-refractivity contribution in [3.05, 3.63) is 6.20 Å². The Morgan fingerprint density at radius 2 is 2.05 bits per heavy atom. The van der Waals surface area contributed by atoms with E-state index in [0.29, 0.717) is 19.6 Å². The molecule has 1 fully saturated rings. The highest BCUT2D eigenvalue weighted by atomic mass is 32.2. The second-order valence-corrected chi connectivity index (χ2v) is 7.11. The van der Waals surface area contributed by atoms with Crippen LogP contribution in [-0.4, -0.2) is 60.6 Å². The Balaban J connectivity index is 2.25. The summed E-state index contributed by atoms with van der Waals surface area (Å²) >= 11 is 0. The molecular formula is C12H23N5O2S. The molecule has 1 aliphatic rings. The summed E-state index contributed by atoms with van der Waals surface area (Å²) in [5.74, 6) is 0.0936. The highest BCUT2D eigenvalue weighted by Gasteiger charge is 2.29. The second kappa shape index (κ2) is 6.11. The molecule has 2 N–H and O–H groups in total. The third-order valence-corrected chi connectivity index (χ3v) is 5.42. The molecule has 1 aliphatic heterocycles. The van der Waals surface area contributed by atoms with Crippen molar-refractivity contribution in [2.45, 2.75) is 31.2 Å². The maximum Gasteiger partial charge on any atom is 0.248 e. The van der Waals surface area contributed by atoms with Crippen LogP contribution in [0.1, 0.15) is 19.8 Å².